The number of ether oxygens (including phenoxy) is 1. The summed E-state index contributed by atoms with van der Waals surface area (Å²) in [6.45, 7) is 5.76. The molecule has 2 rings (SSSR count). The number of hydrogen-bond acceptors (Lipinski definition) is 5. The molecule has 1 aliphatic heterocycles. The van der Waals surface area contributed by atoms with E-state index in [1.165, 1.54) is 0 Å². The van der Waals surface area contributed by atoms with Gasteiger partial charge in [0.15, 0.2) is 5.13 Å². The Labute approximate surface area is 111 Å². The highest BCUT2D eigenvalue weighted by atomic mass is 32.1. The minimum Gasteiger partial charge on any atom is -0.375 e. The van der Waals surface area contributed by atoms with Gasteiger partial charge in [0.05, 0.1) is 18.7 Å². The fourth-order valence-corrected chi connectivity index (χ4v) is 3.25. The van der Waals surface area contributed by atoms with Crippen LogP contribution in [0.25, 0.3) is 0 Å². The molecular weight excluding hydrogens is 250 g/mol. The van der Waals surface area contributed by atoms with Crippen molar-refractivity contribution >= 4 is 22.4 Å². The molecule has 1 fully saturated rings. The Morgan fingerprint density at radius 3 is 2.78 bits per heavy atom. The smallest absolute Gasteiger partial charge is 0.268 e. The lowest BCUT2D eigenvalue weighted by Gasteiger charge is -2.46. The van der Waals surface area contributed by atoms with E-state index in [1.807, 2.05) is 0 Å². The molecule has 6 heteroatoms. The number of carbonyl (C=O) groups is 1. The molecule has 2 N–H and O–H groups in total. The third kappa shape index (κ3) is 2.35. The number of amides is 1. The molecule has 0 aromatic carbocycles. The molecule has 0 bridgehead atoms. The highest BCUT2D eigenvalue weighted by Crippen LogP contribution is 2.34. The normalized spacial score (nSPS) is 17.6. The summed E-state index contributed by atoms with van der Waals surface area (Å²) in [7, 11) is 1.72. The van der Waals surface area contributed by atoms with Crippen LogP contribution in [0.5, 0.6) is 0 Å². The molecule has 0 radical (unpaired) electrons. The molecule has 0 spiro atoms. The van der Waals surface area contributed by atoms with Crippen LogP contribution in [-0.4, -0.2) is 36.7 Å². The van der Waals surface area contributed by atoms with Gasteiger partial charge in [-0.3, -0.25) is 4.79 Å². The van der Waals surface area contributed by atoms with E-state index >= 15 is 0 Å². The van der Waals surface area contributed by atoms with Crippen LogP contribution in [0.1, 0.15) is 35.6 Å². The Bertz CT molecular complexity index is 452. The maximum absolute atomic E-state index is 11.3. The van der Waals surface area contributed by atoms with Crippen molar-refractivity contribution in [1.82, 2.24) is 4.98 Å². The van der Waals surface area contributed by atoms with Crippen LogP contribution in [-0.2, 0) is 11.2 Å². The molecule has 18 heavy (non-hydrogen) atoms. The topological polar surface area (TPSA) is 68.4 Å². The predicted molar refractivity (Wildman–Crippen MR) is 72.3 cm³/mol. The van der Waals surface area contributed by atoms with E-state index in [4.69, 9.17) is 10.5 Å². The van der Waals surface area contributed by atoms with E-state index in [1.54, 1.807) is 18.4 Å². The van der Waals surface area contributed by atoms with Crippen LogP contribution >= 0.6 is 11.3 Å². The van der Waals surface area contributed by atoms with Crippen molar-refractivity contribution in [1.29, 1.82) is 0 Å². The highest BCUT2D eigenvalue weighted by molar-refractivity contribution is 7.16. The van der Waals surface area contributed by atoms with Crippen molar-refractivity contribution < 1.29 is 9.53 Å². The zero-order chi connectivity index (χ0) is 13.3. The third-order valence-corrected chi connectivity index (χ3v) is 4.39. The standard InChI is InChI=1S/C12H19N3O2S/c1-4-5-8-9(10(13)16)14-11(18-8)15-6-12(2,7-15)17-3/h4-7H2,1-3H3,(H2,13,16). The summed E-state index contributed by atoms with van der Waals surface area (Å²) in [5, 5.41) is 0.877. The first-order chi connectivity index (χ1) is 8.49. The molecule has 1 aromatic heterocycles. The van der Waals surface area contributed by atoms with Crippen molar-refractivity contribution in [3.05, 3.63) is 10.6 Å². The van der Waals surface area contributed by atoms with Crippen LogP contribution in [0.3, 0.4) is 0 Å². The molecule has 1 amide bonds. The van der Waals surface area contributed by atoms with E-state index < -0.39 is 5.91 Å². The second kappa shape index (κ2) is 4.85. The SMILES string of the molecule is CCCc1sc(N2CC(C)(OC)C2)nc1C(N)=O. The van der Waals surface area contributed by atoms with Gasteiger partial charge < -0.3 is 15.4 Å². The van der Waals surface area contributed by atoms with Crippen molar-refractivity contribution in [2.75, 3.05) is 25.1 Å². The van der Waals surface area contributed by atoms with Crippen LogP contribution in [0.15, 0.2) is 0 Å². The monoisotopic (exact) mass is 269 g/mol. The Hall–Kier alpha value is -1.14. The zero-order valence-electron chi connectivity index (χ0n) is 11.0. The largest absolute Gasteiger partial charge is 0.375 e. The molecule has 0 aliphatic carbocycles. The minimum absolute atomic E-state index is 0.0938. The maximum Gasteiger partial charge on any atom is 0.268 e. The van der Waals surface area contributed by atoms with E-state index in [0.29, 0.717) is 5.69 Å². The van der Waals surface area contributed by atoms with Gasteiger partial charge in [-0.05, 0) is 13.3 Å². The number of anilines is 1. The molecule has 0 unspecified atom stereocenters. The second-order valence-electron chi connectivity index (χ2n) is 4.89. The van der Waals surface area contributed by atoms with Crippen molar-refractivity contribution in [3.8, 4) is 0 Å². The lowest BCUT2D eigenvalue weighted by Crippen LogP contribution is -2.61. The summed E-state index contributed by atoms with van der Waals surface area (Å²) in [6, 6.07) is 0. The van der Waals surface area contributed by atoms with Crippen LogP contribution < -0.4 is 10.6 Å². The number of rotatable bonds is 5. The first-order valence-corrected chi connectivity index (χ1v) is 6.90. The number of nitrogens with two attached hydrogens (primary N) is 1. The minimum atomic E-state index is -0.434. The lowest BCUT2D eigenvalue weighted by molar-refractivity contribution is -0.0167. The Kier molecular flexibility index (Phi) is 3.59. The average molecular weight is 269 g/mol. The number of aromatic nitrogens is 1. The highest BCUT2D eigenvalue weighted by Gasteiger charge is 2.40. The van der Waals surface area contributed by atoms with E-state index in [9.17, 15) is 4.79 Å². The number of thiazole rings is 1. The fraction of sp³-hybridized carbons (Fsp3) is 0.667. The Morgan fingerprint density at radius 1 is 1.61 bits per heavy atom. The quantitative estimate of drug-likeness (QED) is 0.877. The molecule has 1 aliphatic rings. The van der Waals surface area contributed by atoms with Gasteiger partial charge in [-0.2, -0.15) is 0 Å². The summed E-state index contributed by atoms with van der Waals surface area (Å²) >= 11 is 1.57. The summed E-state index contributed by atoms with van der Waals surface area (Å²) in [6.07, 6.45) is 1.84. The molecular formula is C12H19N3O2S. The Balaban J connectivity index is 2.16. The summed E-state index contributed by atoms with van der Waals surface area (Å²) in [5.74, 6) is -0.434. The molecule has 5 nitrogen and oxygen atoms in total. The molecule has 100 valence electrons. The first kappa shape index (κ1) is 13.3. The number of methoxy groups -OCH3 is 1. The number of primary amides is 1. The van der Waals surface area contributed by atoms with Crippen molar-refractivity contribution in [2.24, 2.45) is 5.73 Å². The lowest BCUT2D eigenvalue weighted by atomic mass is 9.97. The molecule has 1 aromatic rings. The van der Waals surface area contributed by atoms with Gasteiger partial charge >= 0.3 is 0 Å². The van der Waals surface area contributed by atoms with E-state index in [2.05, 4.69) is 23.7 Å². The van der Waals surface area contributed by atoms with E-state index in [-0.39, 0.29) is 5.60 Å². The van der Waals surface area contributed by atoms with Gasteiger partial charge in [0.1, 0.15) is 5.69 Å². The number of hydrogen-bond donors (Lipinski definition) is 1. The van der Waals surface area contributed by atoms with Gasteiger partial charge in [0, 0.05) is 12.0 Å². The van der Waals surface area contributed by atoms with Crippen LogP contribution in [0, 0.1) is 0 Å². The summed E-state index contributed by atoms with van der Waals surface area (Å²) in [5.41, 5.74) is 5.70. The molecule has 0 atom stereocenters. The summed E-state index contributed by atoms with van der Waals surface area (Å²) in [4.78, 5) is 18.8. The number of nitrogens with zero attached hydrogens (tertiary/aromatic N) is 2. The predicted octanol–water partition coefficient (Wildman–Crippen LogP) is 1.42. The Morgan fingerprint density at radius 2 is 2.28 bits per heavy atom. The number of aryl methyl sites for hydroxylation is 1. The van der Waals surface area contributed by atoms with Crippen molar-refractivity contribution in [3.63, 3.8) is 0 Å². The van der Waals surface area contributed by atoms with E-state index in [0.717, 1.165) is 35.9 Å². The average Bonchev–Trinajstić information content (AvgIpc) is 2.69. The van der Waals surface area contributed by atoms with Gasteiger partial charge in [0.2, 0.25) is 0 Å². The molecule has 2 heterocycles. The van der Waals surface area contributed by atoms with Gasteiger partial charge in [0.25, 0.3) is 5.91 Å². The molecule has 0 saturated carbocycles. The maximum atomic E-state index is 11.3. The van der Waals surface area contributed by atoms with Crippen LogP contribution in [0.2, 0.25) is 0 Å². The second-order valence-corrected chi connectivity index (χ2v) is 5.95. The summed E-state index contributed by atoms with van der Waals surface area (Å²) < 4.78 is 5.40. The van der Waals surface area contributed by atoms with Crippen molar-refractivity contribution in [2.45, 2.75) is 32.3 Å². The third-order valence-electron chi connectivity index (χ3n) is 3.21. The van der Waals surface area contributed by atoms with Gasteiger partial charge in [-0.25, -0.2) is 4.98 Å². The molecule has 1 saturated heterocycles. The zero-order valence-corrected chi connectivity index (χ0v) is 11.8. The van der Waals surface area contributed by atoms with Gasteiger partial charge in [-0.15, -0.1) is 11.3 Å². The number of carbonyl (C=O) groups excluding carboxylic acids is 1. The first-order valence-electron chi connectivity index (χ1n) is 6.08. The fourth-order valence-electron chi connectivity index (χ4n) is 2.09. The van der Waals surface area contributed by atoms with Gasteiger partial charge in [-0.1, -0.05) is 13.3 Å². The van der Waals surface area contributed by atoms with Crippen LogP contribution in [0.4, 0.5) is 5.13 Å².